The molecule has 1 atom stereocenters. The minimum Gasteiger partial charge on any atom is -0.389 e. The summed E-state index contributed by atoms with van der Waals surface area (Å²) in [5, 5.41) is 0.606. The van der Waals surface area contributed by atoms with Gasteiger partial charge in [0.2, 0.25) is 0 Å². The summed E-state index contributed by atoms with van der Waals surface area (Å²) in [6, 6.07) is 5.83. The molecule has 1 aliphatic heterocycles. The Morgan fingerprint density at radius 1 is 1.53 bits per heavy atom. The Labute approximate surface area is 124 Å². The van der Waals surface area contributed by atoms with E-state index in [1.165, 1.54) is 0 Å². The summed E-state index contributed by atoms with van der Waals surface area (Å²) in [5.41, 5.74) is 7.35. The number of anilines is 1. The van der Waals surface area contributed by atoms with Gasteiger partial charge in [-0.05, 0) is 38.0 Å². The molecule has 2 N–H and O–H groups in total. The molecule has 0 saturated carbocycles. The summed E-state index contributed by atoms with van der Waals surface area (Å²) in [4.78, 5) is 2.62. The highest BCUT2D eigenvalue weighted by Crippen LogP contribution is 2.30. The van der Waals surface area contributed by atoms with Crippen LogP contribution in [0.15, 0.2) is 18.2 Å². The van der Waals surface area contributed by atoms with E-state index in [0.29, 0.717) is 10.0 Å². The summed E-state index contributed by atoms with van der Waals surface area (Å²) < 4.78 is 5.61. The molecule has 1 aliphatic rings. The predicted octanol–water partition coefficient (Wildman–Crippen LogP) is 2.98. The molecule has 19 heavy (non-hydrogen) atoms. The average Bonchev–Trinajstić information content (AvgIpc) is 2.38. The van der Waals surface area contributed by atoms with Gasteiger partial charge in [0.05, 0.1) is 10.6 Å². The second-order valence-electron chi connectivity index (χ2n) is 5.21. The largest absolute Gasteiger partial charge is 0.389 e. The molecule has 0 spiro atoms. The van der Waals surface area contributed by atoms with Gasteiger partial charge < -0.3 is 15.4 Å². The molecule has 0 amide bonds. The summed E-state index contributed by atoms with van der Waals surface area (Å²) >= 11 is 11.2. The average molecular weight is 299 g/mol. The van der Waals surface area contributed by atoms with Crippen LogP contribution in [0.25, 0.3) is 0 Å². The predicted molar refractivity (Wildman–Crippen MR) is 84.2 cm³/mol. The van der Waals surface area contributed by atoms with Gasteiger partial charge in [-0.15, -0.1) is 0 Å². The lowest BCUT2D eigenvalue weighted by atomic mass is 9.94. The summed E-state index contributed by atoms with van der Waals surface area (Å²) in [5.74, 6) is 0. The zero-order chi connectivity index (χ0) is 14.0. The Balaban J connectivity index is 2.23. The first-order valence-corrected chi connectivity index (χ1v) is 7.13. The highest BCUT2D eigenvalue weighted by molar-refractivity contribution is 7.80. The van der Waals surface area contributed by atoms with Crippen LogP contribution in [0.2, 0.25) is 5.02 Å². The van der Waals surface area contributed by atoms with E-state index in [0.717, 1.165) is 37.2 Å². The molecule has 1 saturated heterocycles. The molecular weight excluding hydrogens is 280 g/mol. The highest BCUT2D eigenvalue weighted by Gasteiger charge is 2.31. The van der Waals surface area contributed by atoms with Crippen LogP contribution in [0.1, 0.15) is 25.3 Å². The molecule has 0 aliphatic carbocycles. The molecule has 1 fully saturated rings. The number of rotatable bonds is 3. The molecule has 1 heterocycles. The van der Waals surface area contributed by atoms with E-state index in [2.05, 4.69) is 11.8 Å². The smallest absolute Gasteiger partial charge is 0.105 e. The van der Waals surface area contributed by atoms with Crippen molar-refractivity contribution in [3.8, 4) is 0 Å². The minimum absolute atomic E-state index is 0.0907. The Hall–Kier alpha value is -0.840. The summed E-state index contributed by atoms with van der Waals surface area (Å²) in [6.07, 6.45) is 2.19. The number of benzene rings is 1. The Kier molecular flexibility index (Phi) is 4.33. The van der Waals surface area contributed by atoms with Crippen LogP contribution in [0.4, 0.5) is 5.69 Å². The second-order valence-corrected chi connectivity index (χ2v) is 6.05. The molecular formula is C14H19ClN2OS. The number of piperidine rings is 1. The van der Waals surface area contributed by atoms with Gasteiger partial charge in [-0.25, -0.2) is 0 Å². The maximum Gasteiger partial charge on any atom is 0.105 e. The van der Waals surface area contributed by atoms with E-state index in [9.17, 15) is 0 Å². The van der Waals surface area contributed by atoms with Crippen LogP contribution < -0.4 is 10.6 Å². The van der Waals surface area contributed by atoms with Crippen molar-refractivity contribution in [2.24, 2.45) is 5.73 Å². The van der Waals surface area contributed by atoms with Gasteiger partial charge in [-0.1, -0.05) is 23.8 Å². The lowest BCUT2D eigenvalue weighted by Crippen LogP contribution is -2.47. The molecule has 5 heteroatoms. The van der Waals surface area contributed by atoms with E-state index in [-0.39, 0.29) is 5.60 Å². The molecule has 3 nitrogen and oxygen atoms in total. The molecule has 104 valence electrons. The SMILES string of the molecule is COC1(C)CCCN(c2ccc(C(N)=S)c(Cl)c2)C1. The summed E-state index contributed by atoms with van der Waals surface area (Å²) in [7, 11) is 1.77. The third-order valence-electron chi connectivity index (χ3n) is 3.74. The van der Waals surface area contributed by atoms with Gasteiger partial charge in [0.25, 0.3) is 0 Å². The number of thiocarbonyl (C=S) groups is 1. The maximum absolute atomic E-state index is 6.22. The van der Waals surface area contributed by atoms with Crippen molar-refractivity contribution >= 4 is 34.5 Å². The van der Waals surface area contributed by atoms with Crippen molar-refractivity contribution in [3.63, 3.8) is 0 Å². The molecule has 2 rings (SSSR count). The molecule has 0 bridgehead atoms. The Morgan fingerprint density at radius 2 is 2.26 bits per heavy atom. The first-order chi connectivity index (χ1) is 8.95. The van der Waals surface area contributed by atoms with Crippen LogP contribution in [0.3, 0.4) is 0 Å². The fourth-order valence-electron chi connectivity index (χ4n) is 2.49. The van der Waals surface area contributed by atoms with E-state index < -0.39 is 0 Å². The van der Waals surface area contributed by atoms with Crippen LogP contribution >= 0.6 is 23.8 Å². The fraction of sp³-hybridized carbons (Fsp3) is 0.500. The number of ether oxygens (including phenoxy) is 1. The van der Waals surface area contributed by atoms with Gasteiger partial charge in [-0.2, -0.15) is 0 Å². The molecule has 0 radical (unpaired) electrons. The van der Waals surface area contributed by atoms with Crippen molar-refractivity contribution in [2.75, 3.05) is 25.1 Å². The quantitative estimate of drug-likeness (QED) is 0.871. The molecule has 1 aromatic rings. The van der Waals surface area contributed by atoms with E-state index in [4.69, 9.17) is 34.3 Å². The minimum atomic E-state index is -0.0907. The molecule has 0 aromatic heterocycles. The third kappa shape index (κ3) is 3.19. The van der Waals surface area contributed by atoms with E-state index in [1.807, 2.05) is 18.2 Å². The third-order valence-corrected chi connectivity index (χ3v) is 4.27. The van der Waals surface area contributed by atoms with Gasteiger partial charge >= 0.3 is 0 Å². The van der Waals surface area contributed by atoms with E-state index in [1.54, 1.807) is 7.11 Å². The standard InChI is InChI=1S/C14H19ClN2OS/c1-14(18-2)6-3-7-17(9-14)10-4-5-11(13(16)19)12(15)8-10/h4-5,8H,3,6-7,9H2,1-2H3,(H2,16,19). The maximum atomic E-state index is 6.22. The van der Waals surface area contributed by atoms with Crippen LogP contribution in [0, 0.1) is 0 Å². The number of methoxy groups -OCH3 is 1. The number of hydrogen-bond acceptors (Lipinski definition) is 3. The van der Waals surface area contributed by atoms with Gasteiger partial charge in [0.1, 0.15) is 4.99 Å². The summed E-state index contributed by atoms with van der Waals surface area (Å²) in [6.45, 7) is 4.03. The highest BCUT2D eigenvalue weighted by atomic mass is 35.5. The van der Waals surface area contributed by atoms with Crippen molar-refractivity contribution < 1.29 is 4.74 Å². The van der Waals surface area contributed by atoms with Gasteiger partial charge in [0, 0.05) is 31.5 Å². The topological polar surface area (TPSA) is 38.5 Å². The number of nitrogens with two attached hydrogens (primary N) is 1. The Morgan fingerprint density at radius 3 is 2.84 bits per heavy atom. The van der Waals surface area contributed by atoms with Crippen molar-refractivity contribution in [1.29, 1.82) is 0 Å². The lowest BCUT2D eigenvalue weighted by Gasteiger charge is -2.40. The van der Waals surface area contributed by atoms with Crippen molar-refractivity contribution in [1.82, 2.24) is 0 Å². The van der Waals surface area contributed by atoms with Gasteiger partial charge in [0.15, 0.2) is 0 Å². The van der Waals surface area contributed by atoms with Crippen LogP contribution in [-0.2, 0) is 4.74 Å². The van der Waals surface area contributed by atoms with E-state index >= 15 is 0 Å². The number of halogens is 1. The zero-order valence-electron chi connectivity index (χ0n) is 11.3. The van der Waals surface area contributed by atoms with Gasteiger partial charge in [-0.3, -0.25) is 0 Å². The number of hydrogen-bond donors (Lipinski definition) is 1. The number of nitrogens with zero attached hydrogens (tertiary/aromatic N) is 1. The Bertz CT molecular complexity index is 494. The molecule has 1 unspecified atom stereocenters. The van der Waals surface area contributed by atoms with Crippen molar-refractivity contribution in [3.05, 3.63) is 28.8 Å². The second kappa shape index (κ2) is 5.65. The van der Waals surface area contributed by atoms with Crippen LogP contribution in [0.5, 0.6) is 0 Å². The normalized spacial score (nSPS) is 23.4. The van der Waals surface area contributed by atoms with Crippen molar-refractivity contribution in [2.45, 2.75) is 25.4 Å². The molecule has 1 aromatic carbocycles. The first-order valence-electron chi connectivity index (χ1n) is 6.35. The fourth-order valence-corrected chi connectivity index (χ4v) is 3.00. The first kappa shape index (κ1) is 14.6. The van der Waals surface area contributed by atoms with Crippen LogP contribution in [-0.4, -0.2) is 30.8 Å². The lowest BCUT2D eigenvalue weighted by molar-refractivity contribution is -0.00465. The monoisotopic (exact) mass is 298 g/mol. The zero-order valence-corrected chi connectivity index (χ0v) is 12.9.